The second kappa shape index (κ2) is 8.21. The van der Waals surface area contributed by atoms with E-state index in [0.29, 0.717) is 0 Å². The van der Waals surface area contributed by atoms with Gasteiger partial charge in [-0.1, -0.05) is 48.5 Å². The minimum Gasteiger partial charge on any atom is -0.376 e. The van der Waals surface area contributed by atoms with Crippen LogP contribution in [-0.4, -0.2) is 35.8 Å². The highest BCUT2D eigenvalue weighted by Gasteiger charge is 2.21. The van der Waals surface area contributed by atoms with Crippen LogP contribution in [0.5, 0.6) is 0 Å². The first-order valence-electron chi connectivity index (χ1n) is 10.5. The fourth-order valence-electron chi connectivity index (χ4n) is 4.17. The lowest BCUT2D eigenvalue weighted by Gasteiger charge is -2.30. The number of fused-ring (bicyclic) bond motifs is 1. The maximum atomic E-state index is 5.77. The van der Waals surface area contributed by atoms with Crippen molar-refractivity contribution in [3.63, 3.8) is 0 Å². The third kappa shape index (κ3) is 3.96. The van der Waals surface area contributed by atoms with Gasteiger partial charge in [-0.25, -0.2) is 9.97 Å². The molecule has 0 bridgehead atoms. The molecule has 5 heteroatoms. The Labute approximate surface area is 171 Å². The summed E-state index contributed by atoms with van der Waals surface area (Å²) < 4.78 is 5.77. The molecule has 1 N–H and O–H groups in total. The van der Waals surface area contributed by atoms with Crippen molar-refractivity contribution < 1.29 is 4.74 Å². The Balaban J connectivity index is 1.51. The number of rotatable bonds is 5. The standard InChI is InChI=1S/C24H26N4O/c1-2-9-19(10-3-1)24-26-22(25-17-20-12-7-15-29-20)16-23(27-24)28-14-6-11-18-8-4-5-13-21(18)28/h1-5,8-10,13,16,20H,6-7,11-12,14-15,17H2,(H,25,26,27). The molecule has 1 unspecified atom stereocenters. The molecule has 3 aromatic rings. The van der Waals surface area contributed by atoms with Crippen molar-refractivity contribution in [2.75, 3.05) is 29.9 Å². The highest BCUT2D eigenvalue weighted by atomic mass is 16.5. The van der Waals surface area contributed by atoms with Crippen LogP contribution >= 0.6 is 0 Å². The highest BCUT2D eigenvalue weighted by molar-refractivity contribution is 5.69. The lowest BCUT2D eigenvalue weighted by molar-refractivity contribution is 0.120. The van der Waals surface area contributed by atoms with Crippen LogP contribution in [0.25, 0.3) is 11.4 Å². The molecular weight excluding hydrogens is 360 g/mol. The second-order valence-corrected chi connectivity index (χ2v) is 7.70. The summed E-state index contributed by atoms with van der Waals surface area (Å²) in [6.45, 7) is 2.61. The molecule has 0 amide bonds. The van der Waals surface area contributed by atoms with Crippen LogP contribution in [0.3, 0.4) is 0 Å². The van der Waals surface area contributed by atoms with Crippen LogP contribution in [-0.2, 0) is 11.2 Å². The third-order valence-electron chi connectivity index (χ3n) is 5.67. The minimum absolute atomic E-state index is 0.268. The van der Waals surface area contributed by atoms with Gasteiger partial charge >= 0.3 is 0 Å². The van der Waals surface area contributed by atoms with E-state index in [2.05, 4.69) is 52.7 Å². The first-order chi connectivity index (χ1) is 14.4. The Morgan fingerprint density at radius 1 is 1.00 bits per heavy atom. The molecule has 0 spiro atoms. The van der Waals surface area contributed by atoms with E-state index in [1.165, 1.54) is 11.3 Å². The number of aromatic nitrogens is 2. The number of benzene rings is 2. The second-order valence-electron chi connectivity index (χ2n) is 7.70. The largest absolute Gasteiger partial charge is 0.376 e. The van der Waals surface area contributed by atoms with Crippen molar-refractivity contribution in [2.45, 2.75) is 31.8 Å². The lowest BCUT2D eigenvalue weighted by atomic mass is 10.0. The van der Waals surface area contributed by atoms with Crippen LogP contribution in [0.15, 0.2) is 60.7 Å². The highest BCUT2D eigenvalue weighted by Crippen LogP contribution is 2.34. The quantitative estimate of drug-likeness (QED) is 0.681. The molecule has 2 aromatic carbocycles. The van der Waals surface area contributed by atoms with Gasteiger partial charge in [-0.15, -0.1) is 0 Å². The molecule has 0 radical (unpaired) electrons. The van der Waals surface area contributed by atoms with Gasteiger partial charge in [0.2, 0.25) is 0 Å². The molecular formula is C24H26N4O. The summed E-state index contributed by atoms with van der Waals surface area (Å²) in [5.74, 6) is 2.55. The number of nitrogens with zero attached hydrogens (tertiary/aromatic N) is 3. The van der Waals surface area contributed by atoms with E-state index in [9.17, 15) is 0 Å². The van der Waals surface area contributed by atoms with Crippen molar-refractivity contribution in [1.82, 2.24) is 9.97 Å². The maximum Gasteiger partial charge on any atom is 0.163 e. The van der Waals surface area contributed by atoms with E-state index >= 15 is 0 Å². The number of hydrogen-bond donors (Lipinski definition) is 1. The number of hydrogen-bond acceptors (Lipinski definition) is 5. The van der Waals surface area contributed by atoms with E-state index in [0.717, 1.165) is 68.4 Å². The van der Waals surface area contributed by atoms with Crippen molar-refractivity contribution in [2.24, 2.45) is 0 Å². The Morgan fingerprint density at radius 3 is 2.72 bits per heavy atom. The van der Waals surface area contributed by atoms with E-state index in [1.54, 1.807) is 0 Å². The fourth-order valence-corrected chi connectivity index (χ4v) is 4.17. The molecule has 2 aliphatic heterocycles. The third-order valence-corrected chi connectivity index (χ3v) is 5.67. The van der Waals surface area contributed by atoms with E-state index in [4.69, 9.17) is 14.7 Å². The molecule has 1 aromatic heterocycles. The van der Waals surface area contributed by atoms with Gasteiger partial charge in [-0.05, 0) is 37.3 Å². The minimum atomic E-state index is 0.268. The normalized spacial score (nSPS) is 18.5. The summed E-state index contributed by atoms with van der Waals surface area (Å²) in [6, 6.07) is 20.9. The summed E-state index contributed by atoms with van der Waals surface area (Å²) in [5, 5.41) is 3.50. The van der Waals surface area contributed by atoms with Gasteiger partial charge in [0.1, 0.15) is 11.6 Å². The van der Waals surface area contributed by atoms with E-state index in [1.807, 2.05) is 18.2 Å². The zero-order chi connectivity index (χ0) is 19.5. The number of para-hydroxylation sites is 1. The Morgan fingerprint density at radius 2 is 1.86 bits per heavy atom. The first kappa shape index (κ1) is 18.1. The Bertz CT molecular complexity index is 970. The average molecular weight is 386 g/mol. The molecule has 5 nitrogen and oxygen atoms in total. The van der Waals surface area contributed by atoms with Crippen molar-refractivity contribution in [1.29, 1.82) is 0 Å². The van der Waals surface area contributed by atoms with Gasteiger partial charge in [-0.2, -0.15) is 0 Å². The number of ether oxygens (including phenoxy) is 1. The molecule has 148 valence electrons. The molecule has 5 rings (SSSR count). The van der Waals surface area contributed by atoms with Gasteiger partial charge in [0.05, 0.1) is 6.10 Å². The predicted octanol–water partition coefficient (Wildman–Crippen LogP) is 4.82. The monoisotopic (exact) mass is 386 g/mol. The van der Waals surface area contributed by atoms with Crippen molar-refractivity contribution in [3.8, 4) is 11.4 Å². The molecule has 1 atom stereocenters. The first-order valence-corrected chi connectivity index (χ1v) is 10.5. The zero-order valence-corrected chi connectivity index (χ0v) is 16.6. The summed E-state index contributed by atoms with van der Waals surface area (Å²) in [4.78, 5) is 12.1. The summed E-state index contributed by atoms with van der Waals surface area (Å²) in [7, 11) is 0. The SMILES string of the molecule is c1ccc(-c2nc(NCC3CCCO3)cc(N3CCCc4ccccc43)n2)cc1. The number of anilines is 3. The van der Waals surface area contributed by atoms with Gasteiger partial charge in [-0.3, -0.25) is 0 Å². The molecule has 3 heterocycles. The van der Waals surface area contributed by atoms with Gasteiger partial charge < -0.3 is 15.0 Å². The lowest BCUT2D eigenvalue weighted by Crippen LogP contribution is -2.26. The van der Waals surface area contributed by atoms with Crippen LogP contribution in [0, 0.1) is 0 Å². The van der Waals surface area contributed by atoms with Crippen molar-refractivity contribution in [3.05, 3.63) is 66.2 Å². The molecule has 0 saturated carbocycles. The van der Waals surface area contributed by atoms with E-state index < -0.39 is 0 Å². The molecule has 0 aliphatic carbocycles. The fraction of sp³-hybridized carbons (Fsp3) is 0.333. The summed E-state index contributed by atoms with van der Waals surface area (Å²) >= 11 is 0. The summed E-state index contributed by atoms with van der Waals surface area (Å²) in [5.41, 5.74) is 3.66. The zero-order valence-electron chi connectivity index (χ0n) is 16.6. The molecule has 2 aliphatic rings. The number of nitrogens with one attached hydrogen (secondary N) is 1. The Hall–Kier alpha value is -2.92. The predicted molar refractivity (Wildman–Crippen MR) is 117 cm³/mol. The van der Waals surface area contributed by atoms with Gasteiger partial charge in [0.25, 0.3) is 0 Å². The maximum absolute atomic E-state index is 5.77. The van der Waals surface area contributed by atoms with Crippen molar-refractivity contribution >= 4 is 17.3 Å². The molecule has 1 saturated heterocycles. The molecule has 29 heavy (non-hydrogen) atoms. The molecule has 1 fully saturated rings. The Kier molecular flexibility index (Phi) is 5.13. The van der Waals surface area contributed by atoms with Crippen LogP contribution in [0.4, 0.5) is 17.3 Å². The topological polar surface area (TPSA) is 50.3 Å². The van der Waals surface area contributed by atoms with Crippen LogP contribution in [0.2, 0.25) is 0 Å². The van der Waals surface area contributed by atoms with Gasteiger partial charge in [0, 0.05) is 37.0 Å². The van der Waals surface area contributed by atoms with E-state index in [-0.39, 0.29) is 6.10 Å². The van der Waals surface area contributed by atoms with Crippen LogP contribution in [0.1, 0.15) is 24.8 Å². The average Bonchev–Trinajstić information content (AvgIpc) is 3.31. The smallest absolute Gasteiger partial charge is 0.163 e. The van der Waals surface area contributed by atoms with Gasteiger partial charge in [0.15, 0.2) is 5.82 Å². The number of aryl methyl sites for hydroxylation is 1. The van der Waals surface area contributed by atoms with Crippen LogP contribution < -0.4 is 10.2 Å². The summed E-state index contributed by atoms with van der Waals surface area (Å²) in [6.07, 6.45) is 4.76.